The van der Waals surface area contributed by atoms with Gasteiger partial charge >= 0.3 is 0 Å². The molecule has 0 bridgehead atoms. The fourth-order valence-corrected chi connectivity index (χ4v) is 0. The van der Waals surface area contributed by atoms with Gasteiger partial charge in [0.2, 0.25) is 0 Å². The van der Waals surface area contributed by atoms with Crippen LogP contribution in [0.2, 0.25) is 0 Å². The van der Waals surface area contributed by atoms with Gasteiger partial charge in [-0.25, -0.2) is 0 Å². The maximum absolute atomic E-state index is 0. The molecule has 3 heteroatoms. The molecular weight excluding hydrogens is 420 g/mol. The summed E-state index contributed by atoms with van der Waals surface area (Å²) >= 11 is 0. The molecule has 0 aromatic carbocycles. The van der Waals surface area contributed by atoms with Gasteiger partial charge in [0.1, 0.15) is 0 Å². The van der Waals surface area contributed by atoms with Crippen molar-refractivity contribution in [3.05, 3.63) is 14.9 Å². The molecule has 0 unspecified atom stereocenters. The predicted octanol–water partition coefficient (Wildman–Crippen LogP) is 4.71. The smallest absolute Gasteiger partial charge is 0 e. The van der Waals surface area contributed by atoms with E-state index in [0.717, 1.165) is 0 Å². The molecule has 0 aliphatic carbocycles. The average Bonchev–Trinajstić information content (AvgIpc) is 0. The number of hydrogen-bond acceptors (Lipinski definition) is 0. The molecule has 0 aromatic rings. The van der Waals surface area contributed by atoms with Crippen molar-refractivity contribution >= 4 is 0 Å². The third-order valence-corrected chi connectivity index (χ3v) is 0. The van der Waals surface area contributed by atoms with Gasteiger partial charge in [-0.1, -0.05) is 44.6 Å². The van der Waals surface area contributed by atoms with E-state index in [-0.39, 0.29) is 132 Å². The van der Waals surface area contributed by atoms with Crippen LogP contribution in [0.3, 0.4) is 0 Å². The minimum Gasteiger partial charge on any atom is -0.358 e. The fourth-order valence-electron chi connectivity index (χ4n) is 0. The Morgan fingerprint density at radius 3 is 0.455 bits per heavy atom. The van der Waals surface area contributed by atoms with E-state index in [1.54, 1.807) is 0 Å². The largest absolute Gasteiger partial charge is 0.358 e. The first-order chi connectivity index (χ1) is 0. The van der Waals surface area contributed by atoms with Gasteiger partial charge in [0.25, 0.3) is 0 Å². The van der Waals surface area contributed by atoms with Gasteiger partial charge in [-0.05, 0) is 0 Å². The molecule has 0 atom stereocenters. The summed E-state index contributed by atoms with van der Waals surface area (Å²) in [6, 6.07) is 0. The summed E-state index contributed by atoms with van der Waals surface area (Å²) in [7, 11) is 0. The molecule has 0 saturated heterocycles. The van der Waals surface area contributed by atoms with Crippen LogP contribution >= 0.6 is 0 Å². The predicted molar refractivity (Wildman–Crippen MR) is 53.2 cm³/mol. The van der Waals surface area contributed by atoms with Crippen LogP contribution in [0.5, 0.6) is 0 Å². The van der Waals surface area contributed by atoms with Crippen molar-refractivity contribution in [3.8, 4) is 0 Å². The summed E-state index contributed by atoms with van der Waals surface area (Å²) < 4.78 is 0. The summed E-state index contributed by atoms with van der Waals surface area (Å²) in [4.78, 5) is 0. The Bertz CT molecular complexity index is 14.1. The Morgan fingerprint density at radius 2 is 0.455 bits per heavy atom. The second-order valence-electron chi connectivity index (χ2n) is 0. The van der Waals surface area contributed by atoms with Crippen molar-refractivity contribution in [3.63, 3.8) is 0 Å². The molecule has 0 nitrogen and oxygen atoms in total. The molecule has 0 amide bonds. The maximum Gasteiger partial charge on any atom is 0 e. The van der Waals surface area contributed by atoms with E-state index in [4.69, 9.17) is 0 Å². The van der Waals surface area contributed by atoms with E-state index in [1.165, 1.54) is 0 Å². The Hall–Kier alpha value is 2.38. The minimum atomic E-state index is 0. The van der Waals surface area contributed by atoms with Gasteiger partial charge in [0.05, 0.1) is 0 Å². The van der Waals surface area contributed by atoms with Gasteiger partial charge in [-0.2, -0.15) is 0 Å². The Morgan fingerprint density at radius 1 is 0.455 bits per heavy atom. The molecule has 0 aromatic heterocycles. The fraction of sp³-hybridized carbons (Fsp3) is 0.750. The van der Waals surface area contributed by atoms with Crippen LogP contribution in [0.1, 0.15) is 44.6 Å². The average molecular weight is 450 g/mol. The summed E-state index contributed by atoms with van der Waals surface area (Å²) in [5.41, 5.74) is 0. The van der Waals surface area contributed by atoms with E-state index in [0.29, 0.717) is 0 Å². The molecule has 0 N–H and O–H groups in total. The summed E-state index contributed by atoms with van der Waals surface area (Å²) in [6.07, 6.45) is 0. The van der Waals surface area contributed by atoms with E-state index < -0.39 is 0 Å². The molecule has 0 saturated carbocycles. The standard InChI is InChI=1S/6CH4.2CH3.V.W.Y/h6*1H4;2*1H3;;;/q;;;;;;2*-1;;;. The zero-order chi connectivity index (χ0) is 0. The van der Waals surface area contributed by atoms with E-state index in [9.17, 15) is 0 Å². The molecular formula is C8H30VWY-2. The third-order valence-electron chi connectivity index (χ3n) is 0. The van der Waals surface area contributed by atoms with Crippen LogP contribution in [0, 0.1) is 14.9 Å². The normalized spacial score (nSPS) is 0. The summed E-state index contributed by atoms with van der Waals surface area (Å²) in [5.74, 6) is 0. The van der Waals surface area contributed by atoms with Crippen molar-refractivity contribution in [1.82, 2.24) is 0 Å². The molecule has 2 radical (unpaired) electrons. The van der Waals surface area contributed by atoms with E-state index in [1.807, 2.05) is 0 Å². The van der Waals surface area contributed by atoms with Crippen LogP contribution in [0.4, 0.5) is 0 Å². The number of hydrogen-bond donors (Lipinski definition) is 0. The van der Waals surface area contributed by atoms with Crippen LogP contribution in [-0.4, -0.2) is 0 Å². The van der Waals surface area contributed by atoms with Gasteiger partial charge < -0.3 is 14.9 Å². The van der Waals surface area contributed by atoms with E-state index >= 15 is 0 Å². The van der Waals surface area contributed by atoms with E-state index in [2.05, 4.69) is 0 Å². The maximum atomic E-state index is 0. The first kappa shape index (κ1) is 363. The second kappa shape index (κ2) is 284. The van der Waals surface area contributed by atoms with Crippen LogP contribution in [-0.2, 0) is 72.3 Å². The molecule has 78 valence electrons. The molecule has 0 aliphatic rings. The Labute approximate surface area is 130 Å². The molecule has 0 spiro atoms. The Kier molecular flexibility index (Phi) is 9350. The van der Waals surface area contributed by atoms with Gasteiger partial charge in [0.15, 0.2) is 0 Å². The molecule has 0 fully saturated rings. The molecule has 0 heterocycles. The quantitative estimate of drug-likeness (QED) is 0.470. The summed E-state index contributed by atoms with van der Waals surface area (Å²) in [6.45, 7) is 0. The van der Waals surface area contributed by atoms with Gasteiger partial charge in [-0.15, -0.1) is 0 Å². The van der Waals surface area contributed by atoms with Crippen LogP contribution in [0.15, 0.2) is 0 Å². The zero-order valence-electron chi connectivity index (χ0n) is 3.43. The monoisotopic (exact) mass is 450 g/mol. The topological polar surface area (TPSA) is 0 Å². The third kappa shape index (κ3) is 236. The van der Waals surface area contributed by atoms with Crippen molar-refractivity contribution in [2.75, 3.05) is 0 Å². The first-order valence-electron chi connectivity index (χ1n) is 0. The zero-order valence-corrected chi connectivity index (χ0v) is 10.6. The minimum absolute atomic E-state index is 0. The van der Waals surface area contributed by atoms with Crippen molar-refractivity contribution in [1.29, 1.82) is 0 Å². The molecule has 0 rings (SSSR count). The molecule has 11 heavy (non-hydrogen) atoms. The second-order valence-corrected chi connectivity index (χ2v) is 0. The van der Waals surface area contributed by atoms with Crippen molar-refractivity contribution in [2.24, 2.45) is 0 Å². The van der Waals surface area contributed by atoms with Crippen molar-refractivity contribution in [2.45, 2.75) is 44.6 Å². The first-order valence-corrected chi connectivity index (χ1v) is 0. The molecule has 0 aliphatic heterocycles. The van der Waals surface area contributed by atoms with Gasteiger partial charge in [-0.3, -0.25) is 0 Å². The van der Waals surface area contributed by atoms with Crippen molar-refractivity contribution < 1.29 is 72.3 Å². The SMILES string of the molecule is C.C.C.C.C.C.[CH3-].[CH3-].[V].[W].[Y]. The van der Waals surface area contributed by atoms with Gasteiger partial charge in [0, 0.05) is 72.3 Å². The van der Waals surface area contributed by atoms with Crippen LogP contribution < -0.4 is 0 Å². The van der Waals surface area contributed by atoms with Crippen LogP contribution in [0.25, 0.3) is 0 Å². The Balaban J connectivity index is 0. The summed E-state index contributed by atoms with van der Waals surface area (Å²) in [5, 5.41) is 0. The number of rotatable bonds is 0.